The number of nitrogens with one attached hydrogen (secondary N) is 1. The summed E-state index contributed by atoms with van der Waals surface area (Å²) < 4.78 is 4.50. The Balaban J connectivity index is 1.87. The standard InChI is InChI=1S/C10H12N2O4S/c13-9(11-5-6-2-1-3-17-6)7-4-8(10(14)15)16-12-7/h4,6H,1-3,5H2,(H,11,13)(H,14,15). The molecule has 0 radical (unpaired) electrons. The summed E-state index contributed by atoms with van der Waals surface area (Å²) in [7, 11) is 0. The molecule has 17 heavy (non-hydrogen) atoms. The summed E-state index contributed by atoms with van der Waals surface area (Å²) in [5.41, 5.74) is 0.00500. The van der Waals surface area contributed by atoms with Gasteiger partial charge in [-0.05, 0) is 18.6 Å². The van der Waals surface area contributed by atoms with Crippen LogP contribution in [0.5, 0.6) is 0 Å². The van der Waals surface area contributed by atoms with Crippen LogP contribution in [-0.4, -0.2) is 39.7 Å². The van der Waals surface area contributed by atoms with Gasteiger partial charge in [0.25, 0.3) is 5.91 Å². The summed E-state index contributed by atoms with van der Waals surface area (Å²) in [6.45, 7) is 0.582. The highest BCUT2D eigenvalue weighted by Crippen LogP contribution is 2.25. The molecule has 0 bridgehead atoms. The van der Waals surface area contributed by atoms with Crippen LogP contribution in [0.1, 0.15) is 33.9 Å². The Bertz CT molecular complexity index is 426. The Labute approximate surface area is 102 Å². The largest absolute Gasteiger partial charge is 0.475 e. The third-order valence-corrected chi connectivity index (χ3v) is 3.87. The van der Waals surface area contributed by atoms with E-state index >= 15 is 0 Å². The third kappa shape index (κ3) is 3.00. The van der Waals surface area contributed by atoms with Gasteiger partial charge in [0, 0.05) is 17.9 Å². The van der Waals surface area contributed by atoms with E-state index in [2.05, 4.69) is 15.0 Å². The lowest BCUT2D eigenvalue weighted by molar-refractivity contribution is 0.0651. The van der Waals surface area contributed by atoms with Gasteiger partial charge in [0.15, 0.2) is 5.69 Å². The topological polar surface area (TPSA) is 92.4 Å². The number of carboxylic acid groups (broad SMARTS) is 1. The molecule has 6 nitrogen and oxygen atoms in total. The van der Waals surface area contributed by atoms with E-state index < -0.39 is 11.9 Å². The highest BCUT2D eigenvalue weighted by molar-refractivity contribution is 8.00. The average Bonchev–Trinajstić information content (AvgIpc) is 2.96. The summed E-state index contributed by atoms with van der Waals surface area (Å²) in [6, 6.07) is 1.12. The SMILES string of the molecule is O=C(NCC1CCCS1)c1cc(C(=O)O)on1. The number of carboxylic acids is 1. The summed E-state index contributed by atoms with van der Waals surface area (Å²) in [5, 5.41) is 15.2. The van der Waals surface area contributed by atoms with Gasteiger partial charge >= 0.3 is 5.97 Å². The van der Waals surface area contributed by atoms with E-state index in [1.807, 2.05) is 11.8 Å². The highest BCUT2D eigenvalue weighted by Gasteiger charge is 2.19. The van der Waals surface area contributed by atoms with Crippen molar-refractivity contribution in [1.82, 2.24) is 10.5 Å². The first kappa shape index (κ1) is 12.0. The Morgan fingerprint density at radius 2 is 2.47 bits per heavy atom. The molecule has 2 heterocycles. The van der Waals surface area contributed by atoms with Crippen molar-refractivity contribution in [3.05, 3.63) is 17.5 Å². The first-order chi connectivity index (χ1) is 8.16. The summed E-state index contributed by atoms with van der Waals surface area (Å²) in [5.74, 6) is -0.824. The van der Waals surface area contributed by atoms with Crippen molar-refractivity contribution >= 4 is 23.6 Å². The van der Waals surface area contributed by atoms with E-state index in [4.69, 9.17) is 5.11 Å². The van der Waals surface area contributed by atoms with Gasteiger partial charge in [0.1, 0.15) is 0 Å². The highest BCUT2D eigenvalue weighted by atomic mass is 32.2. The molecule has 1 saturated heterocycles. The molecule has 1 aromatic rings. The van der Waals surface area contributed by atoms with Crippen molar-refractivity contribution in [2.24, 2.45) is 0 Å². The van der Waals surface area contributed by atoms with Gasteiger partial charge < -0.3 is 14.9 Å². The lowest BCUT2D eigenvalue weighted by Crippen LogP contribution is -2.29. The number of thioether (sulfide) groups is 1. The van der Waals surface area contributed by atoms with E-state index in [1.54, 1.807) is 0 Å². The van der Waals surface area contributed by atoms with E-state index in [9.17, 15) is 9.59 Å². The summed E-state index contributed by atoms with van der Waals surface area (Å²) in [6.07, 6.45) is 2.28. The minimum absolute atomic E-state index is 0.00500. The number of aromatic carboxylic acids is 1. The van der Waals surface area contributed by atoms with Crippen LogP contribution < -0.4 is 5.32 Å². The van der Waals surface area contributed by atoms with Crippen LogP contribution in [0.15, 0.2) is 10.6 Å². The number of carbonyl (C=O) groups excluding carboxylic acids is 1. The van der Waals surface area contributed by atoms with Gasteiger partial charge in [0.2, 0.25) is 5.76 Å². The fraction of sp³-hybridized carbons (Fsp3) is 0.500. The molecule has 2 N–H and O–H groups in total. The minimum atomic E-state index is -1.23. The molecule has 0 saturated carbocycles. The Morgan fingerprint density at radius 1 is 1.65 bits per heavy atom. The molecule has 1 aliphatic rings. The molecular formula is C10H12N2O4S. The Kier molecular flexibility index (Phi) is 3.68. The van der Waals surface area contributed by atoms with E-state index in [1.165, 1.54) is 6.42 Å². The maximum absolute atomic E-state index is 11.6. The molecule has 1 aromatic heterocycles. The van der Waals surface area contributed by atoms with E-state index in [0.717, 1.165) is 18.2 Å². The number of hydrogen-bond donors (Lipinski definition) is 2. The molecule has 1 aliphatic heterocycles. The molecule has 1 unspecified atom stereocenters. The quantitative estimate of drug-likeness (QED) is 0.834. The monoisotopic (exact) mass is 256 g/mol. The fourth-order valence-electron chi connectivity index (χ4n) is 1.59. The smallest absolute Gasteiger partial charge is 0.374 e. The second-order valence-electron chi connectivity index (χ2n) is 3.73. The lowest BCUT2D eigenvalue weighted by Gasteiger charge is -2.08. The molecule has 2 rings (SSSR count). The number of amides is 1. The fourth-order valence-corrected chi connectivity index (χ4v) is 2.79. The molecular weight excluding hydrogens is 244 g/mol. The first-order valence-electron chi connectivity index (χ1n) is 5.26. The molecule has 0 aromatic carbocycles. The van der Waals surface area contributed by atoms with Gasteiger partial charge in [-0.25, -0.2) is 4.79 Å². The van der Waals surface area contributed by atoms with Gasteiger partial charge in [-0.2, -0.15) is 11.8 Å². The maximum Gasteiger partial charge on any atom is 0.374 e. The van der Waals surface area contributed by atoms with Gasteiger partial charge in [-0.3, -0.25) is 4.79 Å². The first-order valence-corrected chi connectivity index (χ1v) is 6.31. The van der Waals surface area contributed by atoms with E-state index in [-0.39, 0.29) is 11.5 Å². The van der Waals surface area contributed by atoms with E-state index in [0.29, 0.717) is 11.8 Å². The van der Waals surface area contributed by atoms with Gasteiger partial charge in [0.05, 0.1) is 0 Å². The van der Waals surface area contributed by atoms with Crippen LogP contribution in [0.2, 0.25) is 0 Å². The number of hydrogen-bond acceptors (Lipinski definition) is 5. The number of aromatic nitrogens is 1. The van der Waals surface area contributed by atoms with Gasteiger partial charge in [-0.1, -0.05) is 5.16 Å². The Hall–Kier alpha value is -1.50. The number of nitrogens with zero attached hydrogens (tertiary/aromatic N) is 1. The molecule has 1 amide bonds. The molecule has 92 valence electrons. The van der Waals surface area contributed by atoms with Crippen LogP contribution in [0.3, 0.4) is 0 Å². The second-order valence-corrected chi connectivity index (χ2v) is 5.13. The predicted octanol–water partition coefficient (Wildman–Crippen LogP) is 0.998. The number of carbonyl (C=O) groups is 2. The molecule has 1 fully saturated rings. The zero-order chi connectivity index (χ0) is 12.3. The van der Waals surface area contributed by atoms with Crippen molar-refractivity contribution in [2.75, 3.05) is 12.3 Å². The van der Waals surface area contributed by atoms with Crippen LogP contribution >= 0.6 is 11.8 Å². The minimum Gasteiger partial charge on any atom is -0.475 e. The van der Waals surface area contributed by atoms with Crippen LogP contribution in [0, 0.1) is 0 Å². The predicted molar refractivity (Wildman–Crippen MR) is 61.3 cm³/mol. The second kappa shape index (κ2) is 5.22. The zero-order valence-corrected chi connectivity index (χ0v) is 9.83. The molecule has 7 heteroatoms. The zero-order valence-electron chi connectivity index (χ0n) is 9.01. The van der Waals surface area contributed by atoms with Gasteiger partial charge in [-0.15, -0.1) is 0 Å². The van der Waals surface area contributed by atoms with Crippen molar-refractivity contribution in [1.29, 1.82) is 0 Å². The summed E-state index contributed by atoms with van der Waals surface area (Å²) in [4.78, 5) is 22.1. The van der Waals surface area contributed by atoms with Crippen LogP contribution in [0.4, 0.5) is 0 Å². The van der Waals surface area contributed by atoms with Crippen LogP contribution in [0.25, 0.3) is 0 Å². The van der Waals surface area contributed by atoms with Crippen molar-refractivity contribution in [3.8, 4) is 0 Å². The lowest BCUT2D eigenvalue weighted by atomic mass is 10.2. The Morgan fingerprint density at radius 3 is 3.06 bits per heavy atom. The molecule has 0 spiro atoms. The van der Waals surface area contributed by atoms with Crippen LogP contribution in [-0.2, 0) is 0 Å². The molecule has 1 atom stereocenters. The van der Waals surface area contributed by atoms with Crippen molar-refractivity contribution < 1.29 is 19.2 Å². The normalized spacial score (nSPS) is 19.2. The molecule has 0 aliphatic carbocycles. The van der Waals surface area contributed by atoms with Crippen molar-refractivity contribution in [2.45, 2.75) is 18.1 Å². The average molecular weight is 256 g/mol. The summed E-state index contributed by atoms with van der Waals surface area (Å²) >= 11 is 1.84. The maximum atomic E-state index is 11.6. The third-order valence-electron chi connectivity index (χ3n) is 2.47. The number of rotatable bonds is 4. The van der Waals surface area contributed by atoms with Crippen molar-refractivity contribution in [3.63, 3.8) is 0 Å².